The minimum Gasteiger partial charge on any atom is -0.388 e. The first-order valence-corrected chi connectivity index (χ1v) is 6.49. The number of aliphatic hydroxyl groups is 1. The lowest BCUT2D eigenvalue weighted by Gasteiger charge is -2.27. The Balaban J connectivity index is 2.72. The van der Waals surface area contributed by atoms with Crippen molar-refractivity contribution in [2.75, 3.05) is 6.54 Å². The number of carbonyl (C=O) groups excluding carboxylic acids is 1. The molecule has 1 unspecified atom stereocenters. The van der Waals surface area contributed by atoms with Crippen molar-refractivity contribution < 1.29 is 14.3 Å². The van der Waals surface area contributed by atoms with Crippen molar-refractivity contribution in [3.05, 3.63) is 34.1 Å². The second kappa shape index (κ2) is 5.80. The van der Waals surface area contributed by atoms with Crippen molar-refractivity contribution in [3.63, 3.8) is 0 Å². The molecular formula is C13H17BrFNO2. The molecule has 3 nitrogen and oxygen atoms in total. The number of hydrogen-bond acceptors (Lipinski definition) is 2. The molecule has 0 aromatic heterocycles. The number of carbonyl (C=O) groups is 1. The zero-order valence-corrected chi connectivity index (χ0v) is 12.2. The molecule has 100 valence electrons. The van der Waals surface area contributed by atoms with E-state index in [1.165, 1.54) is 12.1 Å². The van der Waals surface area contributed by atoms with Gasteiger partial charge in [-0.2, -0.15) is 0 Å². The van der Waals surface area contributed by atoms with Crippen LogP contribution in [0.25, 0.3) is 0 Å². The van der Waals surface area contributed by atoms with Gasteiger partial charge in [0.2, 0.25) is 0 Å². The number of rotatable bonds is 4. The second-order valence-corrected chi connectivity index (χ2v) is 5.73. The van der Waals surface area contributed by atoms with E-state index in [0.717, 1.165) is 0 Å². The van der Waals surface area contributed by atoms with Gasteiger partial charge in [0.15, 0.2) is 0 Å². The second-order valence-electron chi connectivity index (χ2n) is 4.82. The molecule has 5 heteroatoms. The van der Waals surface area contributed by atoms with Crippen LogP contribution in [0.3, 0.4) is 0 Å². The Morgan fingerprint density at radius 1 is 1.56 bits per heavy atom. The fourth-order valence-electron chi connectivity index (χ4n) is 1.23. The SMILES string of the molecule is CC(C)C(C)(O)CNC(=O)c1ccc(Br)cc1F. The van der Waals surface area contributed by atoms with Crippen LogP contribution in [0.5, 0.6) is 0 Å². The van der Waals surface area contributed by atoms with Crippen molar-refractivity contribution in [3.8, 4) is 0 Å². The van der Waals surface area contributed by atoms with Gasteiger partial charge >= 0.3 is 0 Å². The van der Waals surface area contributed by atoms with E-state index >= 15 is 0 Å². The fraction of sp³-hybridized carbons (Fsp3) is 0.462. The smallest absolute Gasteiger partial charge is 0.254 e. The molecule has 1 aromatic carbocycles. The molecule has 1 aromatic rings. The van der Waals surface area contributed by atoms with Gasteiger partial charge in [-0.3, -0.25) is 4.79 Å². The zero-order chi connectivity index (χ0) is 13.9. The molecule has 1 amide bonds. The molecule has 0 heterocycles. The lowest BCUT2D eigenvalue weighted by molar-refractivity contribution is 0.0142. The van der Waals surface area contributed by atoms with Gasteiger partial charge in [0, 0.05) is 11.0 Å². The quantitative estimate of drug-likeness (QED) is 0.897. The molecule has 0 fully saturated rings. The molecule has 1 rings (SSSR count). The van der Waals surface area contributed by atoms with Crippen LogP contribution in [0.1, 0.15) is 31.1 Å². The Morgan fingerprint density at radius 3 is 2.67 bits per heavy atom. The molecule has 0 saturated carbocycles. The van der Waals surface area contributed by atoms with E-state index in [1.807, 2.05) is 13.8 Å². The van der Waals surface area contributed by atoms with Crippen LogP contribution < -0.4 is 5.32 Å². The fourth-order valence-corrected chi connectivity index (χ4v) is 1.57. The van der Waals surface area contributed by atoms with Crippen molar-refractivity contribution >= 4 is 21.8 Å². The highest BCUT2D eigenvalue weighted by Gasteiger charge is 2.26. The Bertz CT molecular complexity index is 447. The molecule has 2 N–H and O–H groups in total. The summed E-state index contributed by atoms with van der Waals surface area (Å²) in [5.74, 6) is -1.13. The molecule has 0 bridgehead atoms. The minimum absolute atomic E-state index is 0.00688. The first kappa shape index (κ1) is 15.1. The summed E-state index contributed by atoms with van der Waals surface area (Å²) in [7, 11) is 0. The van der Waals surface area contributed by atoms with Gasteiger partial charge in [0.1, 0.15) is 5.82 Å². The predicted octanol–water partition coefficient (Wildman–Crippen LogP) is 2.73. The Morgan fingerprint density at radius 2 is 2.17 bits per heavy atom. The van der Waals surface area contributed by atoms with E-state index in [9.17, 15) is 14.3 Å². The number of benzene rings is 1. The summed E-state index contributed by atoms with van der Waals surface area (Å²) in [6, 6.07) is 4.23. The Hall–Kier alpha value is -0.940. The van der Waals surface area contributed by atoms with Crippen LogP contribution in [-0.4, -0.2) is 23.2 Å². The summed E-state index contributed by atoms with van der Waals surface area (Å²) in [4.78, 5) is 11.8. The average Bonchev–Trinajstić information content (AvgIpc) is 2.25. The van der Waals surface area contributed by atoms with Gasteiger partial charge < -0.3 is 10.4 Å². The summed E-state index contributed by atoms with van der Waals surface area (Å²) in [6.07, 6.45) is 0. The van der Waals surface area contributed by atoms with E-state index in [0.29, 0.717) is 4.47 Å². The lowest BCUT2D eigenvalue weighted by Crippen LogP contribution is -2.44. The third-order valence-corrected chi connectivity index (χ3v) is 3.52. The lowest BCUT2D eigenvalue weighted by atomic mass is 9.92. The average molecular weight is 318 g/mol. The summed E-state index contributed by atoms with van der Waals surface area (Å²) < 4.78 is 14.1. The maximum atomic E-state index is 13.5. The van der Waals surface area contributed by atoms with Gasteiger partial charge in [-0.1, -0.05) is 29.8 Å². The highest BCUT2D eigenvalue weighted by molar-refractivity contribution is 9.10. The predicted molar refractivity (Wildman–Crippen MR) is 71.9 cm³/mol. The van der Waals surface area contributed by atoms with Crippen LogP contribution in [0, 0.1) is 11.7 Å². The van der Waals surface area contributed by atoms with Crippen LogP contribution in [0.4, 0.5) is 4.39 Å². The van der Waals surface area contributed by atoms with Crippen molar-refractivity contribution in [2.24, 2.45) is 5.92 Å². The largest absolute Gasteiger partial charge is 0.388 e. The summed E-state index contributed by atoms with van der Waals surface area (Å²) >= 11 is 3.12. The molecule has 0 spiro atoms. The topological polar surface area (TPSA) is 49.3 Å². The maximum absolute atomic E-state index is 13.5. The van der Waals surface area contributed by atoms with E-state index in [2.05, 4.69) is 21.2 Å². The van der Waals surface area contributed by atoms with Gasteiger partial charge in [0.25, 0.3) is 5.91 Å². The minimum atomic E-state index is -1.01. The molecule has 0 aliphatic rings. The Labute approximate surface area is 115 Å². The van der Waals surface area contributed by atoms with Crippen molar-refractivity contribution in [2.45, 2.75) is 26.4 Å². The number of hydrogen-bond donors (Lipinski definition) is 2. The molecule has 0 aliphatic carbocycles. The van der Waals surface area contributed by atoms with E-state index < -0.39 is 17.3 Å². The Kier molecular flexibility index (Phi) is 4.87. The summed E-state index contributed by atoms with van der Waals surface area (Å²) in [5, 5.41) is 12.5. The molecule has 0 radical (unpaired) electrons. The monoisotopic (exact) mass is 317 g/mol. The highest BCUT2D eigenvalue weighted by Crippen LogP contribution is 2.17. The van der Waals surface area contributed by atoms with Crippen molar-refractivity contribution in [1.82, 2.24) is 5.32 Å². The molecule has 0 saturated heterocycles. The zero-order valence-electron chi connectivity index (χ0n) is 10.6. The highest BCUT2D eigenvalue weighted by atomic mass is 79.9. The van der Waals surface area contributed by atoms with Crippen LogP contribution in [0.2, 0.25) is 0 Å². The van der Waals surface area contributed by atoms with Crippen LogP contribution >= 0.6 is 15.9 Å². The summed E-state index contributed by atoms with van der Waals surface area (Å²) in [6.45, 7) is 5.42. The molecule has 18 heavy (non-hydrogen) atoms. The third kappa shape index (κ3) is 3.78. The third-order valence-electron chi connectivity index (χ3n) is 3.03. The standard InChI is InChI=1S/C13H17BrFNO2/c1-8(2)13(3,18)7-16-12(17)10-5-4-9(14)6-11(10)15/h4-6,8,18H,7H2,1-3H3,(H,16,17). The molecular weight excluding hydrogens is 301 g/mol. The van der Waals surface area contributed by atoms with E-state index in [-0.39, 0.29) is 18.0 Å². The van der Waals surface area contributed by atoms with Gasteiger partial charge in [-0.15, -0.1) is 0 Å². The molecule has 1 atom stereocenters. The van der Waals surface area contributed by atoms with E-state index in [1.54, 1.807) is 13.0 Å². The normalized spacial score (nSPS) is 14.4. The summed E-state index contributed by atoms with van der Waals surface area (Å²) in [5.41, 5.74) is -1.04. The van der Waals surface area contributed by atoms with Gasteiger partial charge in [0.05, 0.1) is 11.2 Å². The molecule has 0 aliphatic heterocycles. The van der Waals surface area contributed by atoms with Crippen molar-refractivity contribution in [1.29, 1.82) is 0 Å². The van der Waals surface area contributed by atoms with Crippen LogP contribution in [-0.2, 0) is 0 Å². The number of nitrogens with one attached hydrogen (secondary N) is 1. The first-order chi connectivity index (χ1) is 8.24. The first-order valence-electron chi connectivity index (χ1n) is 5.69. The van der Waals surface area contributed by atoms with Crippen LogP contribution in [0.15, 0.2) is 22.7 Å². The number of halogens is 2. The number of amides is 1. The maximum Gasteiger partial charge on any atom is 0.254 e. The van der Waals surface area contributed by atoms with E-state index in [4.69, 9.17) is 0 Å². The van der Waals surface area contributed by atoms with Gasteiger partial charge in [-0.25, -0.2) is 4.39 Å². The van der Waals surface area contributed by atoms with Gasteiger partial charge in [-0.05, 0) is 31.0 Å².